The van der Waals surface area contributed by atoms with Crippen molar-refractivity contribution in [3.05, 3.63) is 11.6 Å². The second kappa shape index (κ2) is 2.36. The van der Waals surface area contributed by atoms with Gasteiger partial charge in [-0.3, -0.25) is 4.79 Å². The largest absolute Gasteiger partial charge is 0.458 e. The molecule has 1 aliphatic heterocycles. The second-order valence-corrected chi connectivity index (χ2v) is 3.47. The van der Waals surface area contributed by atoms with Gasteiger partial charge in [-0.05, 0) is 25.8 Å². The van der Waals surface area contributed by atoms with Gasteiger partial charge in [-0.25, -0.2) is 0 Å². The van der Waals surface area contributed by atoms with Gasteiger partial charge in [-0.2, -0.15) is 0 Å². The summed E-state index contributed by atoms with van der Waals surface area (Å²) in [6.07, 6.45) is 5.10. The van der Waals surface area contributed by atoms with E-state index in [9.17, 15) is 4.79 Å². The lowest BCUT2D eigenvalue weighted by Gasteiger charge is -2.19. The lowest BCUT2D eigenvalue weighted by Crippen LogP contribution is -2.17. The number of rotatable bonds is 0. The molecular formula is C9H12O2. The molecule has 0 spiro atoms. The van der Waals surface area contributed by atoms with Crippen LogP contribution in [0.1, 0.15) is 26.2 Å². The van der Waals surface area contributed by atoms with Gasteiger partial charge in [0.15, 0.2) is 0 Å². The molecule has 0 amide bonds. The van der Waals surface area contributed by atoms with Crippen molar-refractivity contribution in [2.45, 2.75) is 32.3 Å². The summed E-state index contributed by atoms with van der Waals surface area (Å²) in [6.45, 7) is 2.10. The Bertz CT molecular complexity index is 218. The summed E-state index contributed by atoms with van der Waals surface area (Å²) < 4.78 is 5.12. The molecule has 2 heteroatoms. The van der Waals surface area contributed by atoms with Crippen LogP contribution in [0.5, 0.6) is 0 Å². The van der Waals surface area contributed by atoms with Crippen LogP contribution in [0.15, 0.2) is 11.6 Å². The zero-order chi connectivity index (χ0) is 7.84. The number of allylic oxidation sites excluding steroid dienone is 1. The van der Waals surface area contributed by atoms with Crippen molar-refractivity contribution >= 4 is 5.97 Å². The van der Waals surface area contributed by atoms with E-state index in [0.29, 0.717) is 12.3 Å². The summed E-state index contributed by atoms with van der Waals surface area (Å²) in [7, 11) is 0. The Labute approximate surface area is 66.2 Å². The number of fused-ring (bicyclic) bond motifs is 1. The minimum absolute atomic E-state index is 0.0223. The zero-order valence-electron chi connectivity index (χ0n) is 6.67. The molecule has 0 radical (unpaired) electrons. The smallest absolute Gasteiger partial charge is 0.306 e. The Kier molecular flexibility index (Phi) is 1.48. The van der Waals surface area contributed by atoms with Crippen molar-refractivity contribution in [1.29, 1.82) is 0 Å². The standard InChI is InChI=1S/C9H12O2/c1-6-2-3-7-5-9(10)11-8(7)4-6/h4,7-8H,2-3,5H2,1H3/t7-,8-/m0/s1. The maximum atomic E-state index is 10.9. The molecule has 1 saturated heterocycles. The molecule has 1 heterocycles. The van der Waals surface area contributed by atoms with Crippen LogP contribution >= 0.6 is 0 Å². The van der Waals surface area contributed by atoms with E-state index in [0.717, 1.165) is 12.8 Å². The Morgan fingerprint density at radius 3 is 3.27 bits per heavy atom. The van der Waals surface area contributed by atoms with Crippen LogP contribution in [0.3, 0.4) is 0 Å². The predicted octanol–water partition coefficient (Wildman–Crippen LogP) is 1.66. The molecule has 2 nitrogen and oxygen atoms in total. The zero-order valence-corrected chi connectivity index (χ0v) is 6.67. The summed E-state index contributed by atoms with van der Waals surface area (Å²) in [4.78, 5) is 10.9. The molecule has 60 valence electrons. The van der Waals surface area contributed by atoms with E-state index >= 15 is 0 Å². The monoisotopic (exact) mass is 152 g/mol. The van der Waals surface area contributed by atoms with Crippen LogP contribution in [0.2, 0.25) is 0 Å². The van der Waals surface area contributed by atoms with Gasteiger partial charge in [0.25, 0.3) is 0 Å². The predicted molar refractivity (Wildman–Crippen MR) is 41.0 cm³/mol. The topological polar surface area (TPSA) is 26.3 Å². The third kappa shape index (κ3) is 1.17. The van der Waals surface area contributed by atoms with Gasteiger partial charge in [-0.15, -0.1) is 0 Å². The maximum absolute atomic E-state index is 10.9. The maximum Gasteiger partial charge on any atom is 0.306 e. The van der Waals surface area contributed by atoms with E-state index < -0.39 is 0 Å². The van der Waals surface area contributed by atoms with E-state index in [1.807, 2.05) is 0 Å². The molecule has 0 unspecified atom stereocenters. The van der Waals surface area contributed by atoms with E-state index in [-0.39, 0.29) is 12.1 Å². The molecule has 1 aliphatic carbocycles. The molecule has 2 rings (SSSR count). The van der Waals surface area contributed by atoms with E-state index in [2.05, 4.69) is 13.0 Å². The number of esters is 1. The lowest BCUT2D eigenvalue weighted by molar-refractivity contribution is -0.140. The number of hydrogen-bond donors (Lipinski definition) is 0. The van der Waals surface area contributed by atoms with E-state index in [4.69, 9.17) is 4.74 Å². The van der Waals surface area contributed by atoms with Gasteiger partial charge >= 0.3 is 5.97 Å². The van der Waals surface area contributed by atoms with Crippen LogP contribution in [0.4, 0.5) is 0 Å². The first-order chi connectivity index (χ1) is 5.25. The molecule has 0 N–H and O–H groups in total. The van der Waals surface area contributed by atoms with E-state index in [1.165, 1.54) is 5.57 Å². The summed E-state index contributed by atoms with van der Waals surface area (Å²) in [5.74, 6) is 0.456. The molecular weight excluding hydrogens is 140 g/mol. The molecule has 0 aromatic carbocycles. The number of ether oxygens (including phenoxy) is 1. The third-order valence-electron chi connectivity index (χ3n) is 2.52. The highest BCUT2D eigenvalue weighted by Crippen LogP contribution is 2.33. The average molecular weight is 152 g/mol. The number of carbonyl (C=O) groups is 1. The lowest BCUT2D eigenvalue weighted by atomic mass is 9.87. The minimum Gasteiger partial charge on any atom is -0.458 e. The van der Waals surface area contributed by atoms with Gasteiger partial charge in [0.05, 0.1) is 6.42 Å². The molecule has 0 saturated carbocycles. The van der Waals surface area contributed by atoms with Crippen molar-refractivity contribution in [3.63, 3.8) is 0 Å². The summed E-state index contributed by atoms with van der Waals surface area (Å²) in [5.41, 5.74) is 1.36. The van der Waals surface area contributed by atoms with Crippen LogP contribution in [0.25, 0.3) is 0 Å². The number of hydrogen-bond acceptors (Lipinski definition) is 2. The fourth-order valence-electron chi connectivity index (χ4n) is 1.84. The van der Waals surface area contributed by atoms with Crippen molar-refractivity contribution < 1.29 is 9.53 Å². The van der Waals surface area contributed by atoms with Crippen LogP contribution < -0.4 is 0 Å². The Morgan fingerprint density at radius 2 is 2.45 bits per heavy atom. The van der Waals surface area contributed by atoms with Gasteiger partial charge in [-0.1, -0.05) is 5.57 Å². The molecule has 1 fully saturated rings. The molecule has 0 aromatic rings. The van der Waals surface area contributed by atoms with Gasteiger partial charge in [0.2, 0.25) is 0 Å². The third-order valence-corrected chi connectivity index (χ3v) is 2.52. The fourth-order valence-corrected chi connectivity index (χ4v) is 1.84. The fraction of sp³-hybridized carbons (Fsp3) is 0.667. The molecule has 2 aliphatic rings. The quantitative estimate of drug-likeness (QED) is 0.390. The minimum atomic E-state index is -0.0223. The van der Waals surface area contributed by atoms with Gasteiger partial charge in [0, 0.05) is 5.92 Å². The Balaban J connectivity index is 2.17. The van der Waals surface area contributed by atoms with Crippen molar-refractivity contribution in [3.8, 4) is 0 Å². The highest BCUT2D eigenvalue weighted by molar-refractivity contribution is 5.72. The molecule has 11 heavy (non-hydrogen) atoms. The molecule has 0 bridgehead atoms. The normalized spacial score (nSPS) is 36.1. The molecule has 0 aromatic heterocycles. The summed E-state index contributed by atoms with van der Waals surface area (Å²) >= 11 is 0. The van der Waals surface area contributed by atoms with Gasteiger partial charge < -0.3 is 4.74 Å². The van der Waals surface area contributed by atoms with Crippen molar-refractivity contribution in [1.82, 2.24) is 0 Å². The van der Waals surface area contributed by atoms with Crippen molar-refractivity contribution in [2.75, 3.05) is 0 Å². The number of carbonyl (C=O) groups excluding carboxylic acids is 1. The Morgan fingerprint density at radius 1 is 1.64 bits per heavy atom. The first-order valence-corrected chi connectivity index (χ1v) is 4.12. The SMILES string of the molecule is CC1=C[C@@H]2OC(=O)C[C@@H]2CC1. The summed E-state index contributed by atoms with van der Waals surface area (Å²) in [5, 5.41) is 0. The second-order valence-electron chi connectivity index (χ2n) is 3.47. The van der Waals surface area contributed by atoms with E-state index in [1.54, 1.807) is 0 Å². The highest BCUT2D eigenvalue weighted by atomic mass is 16.5. The summed E-state index contributed by atoms with van der Waals surface area (Å²) in [6, 6.07) is 0. The average Bonchev–Trinajstić information content (AvgIpc) is 2.27. The first-order valence-electron chi connectivity index (χ1n) is 4.12. The van der Waals surface area contributed by atoms with Crippen LogP contribution in [0, 0.1) is 5.92 Å². The van der Waals surface area contributed by atoms with Crippen LogP contribution in [-0.2, 0) is 9.53 Å². The highest BCUT2D eigenvalue weighted by Gasteiger charge is 2.34. The van der Waals surface area contributed by atoms with Crippen LogP contribution in [-0.4, -0.2) is 12.1 Å². The Hall–Kier alpha value is -0.790. The molecule has 2 atom stereocenters. The first kappa shape index (κ1) is 6.89. The van der Waals surface area contributed by atoms with Gasteiger partial charge in [0.1, 0.15) is 6.10 Å². The van der Waals surface area contributed by atoms with Crippen molar-refractivity contribution in [2.24, 2.45) is 5.92 Å².